The first-order chi connectivity index (χ1) is 9.75. The minimum atomic E-state index is -0.595. The molecule has 0 aliphatic heterocycles. The van der Waals surface area contributed by atoms with E-state index in [4.69, 9.17) is 0 Å². The third-order valence-electron chi connectivity index (χ3n) is 3.10. The van der Waals surface area contributed by atoms with E-state index in [0.717, 1.165) is 15.6 Å². The Morgan fingerprint density at radius 3 is 2.80 bits per heavy atom. The zero-order chi connectivity index (χ0) is 13.9. The summed E-state index contributed by atoms with van der Waals surface area (Å²) in [4.78, 5) is 0.574. The van der Waals surface area contributed by atoms with Crippen LogP contribution in [0.1, 0.15) is 11.7 Å². The maximum atomic E-state index is 13.5. The molecule has 20 heavy (non-hydrogen) atoms. The van der Waals surface area contributed by atoms with Crippen molar-refractivity contribution in [2.45, 2.75) is 11.0 Å². The molecule has 1 N–H and O–H groups in total. The summed E-state index contributed by atoms with van der Waals surface area (Å²) in [5.74, 6) is 0.205. The molecule has 3 rings (SSSR count). The summed E-state index contributed by atoms with van der Waals surface area (Å²) in [5.41, 5.74) is 0.918. The molecule has 2 aromatic carbocycles. The smallest absolute Gasteiger partial charge is 0.136 e. The number of halogens is 1. The second-order valence-corrected chi connectivity index (χ2v) is 6.42. The van der Waals surface area contributed by atoms with Crippen LogP contribution in [0, 0.1) is 5.82 Å². The second kappa shape index (κ2) is 5.95. The van der Waals surface area contributed by atoms with Crippen molar-refractivity contribution in [2.24, 2.45) is 0 Å². The van der Waals surface area contributed by atoms with Gasteiger partial charge in [0.2, 0.25) is 0 Å². The lowest BCUT2D eigenvalue weighted by Crippen LogP contribution is -2.01. The molecule has 1 unspecified atom stereocenters. The Labute approximate surface area is 125 Å². The molecule has 0 saturated heterocycles. The molecule has 0 amide bonds. The van der Waals surface area contributed by atoms with E-state index in [1.165, 1.54) is 17.8 Å². The average molecular weight is 304 g/mol. The number of thiophene rings is 1. The molecule has 0 spiro atoms. The fraction of sp³-hybridized carbons (Fsp3) is 0.125. The van der Waals surface area contributed by atoms with Gasteiger partial charge in [-0.1, -0.05) is 30.3 Å². The molecule has 0 fully saturated rings. The standard InChI is InChI=1S/C16H13FOS2/c17-13-6-1-2-7-15(13)20-10-14(18)12-5-3-4-11-8-9-19-16(11)12/h1-9,14,18H,10H2. The SMILES string of the molecule is OC(CSc1ccccc1F)c1cccc2ccsc12. The van der Waals surface area contributed by atoms with Crippen molar-refractivity contribution in [1.82, 2.24) is 0 Å². The molecule has 1 nitrogen and oxygen atoms in total. The van der Waals surface area contributed by atoms with Crippen LogP contribution in [0.15, 0.2) is 58.8 Å². The Morgan fingerprint density at radius 1 is 1.10 bits per heavy atom. The average Bonchev–Trinajstić information content (AvgIpc) is 2.94. The maximum absolute atomic E-state index is 13.5. The van der Waals surface area contributed by atoms with Gasteiger partial charge in [-0.05, 0) is 34.5 Å². The summed E-state index contributed by atoms with van der Waals surface area (Å²) in [7, 11) is 0. The molecule has 0 radical (unpaired) electrons. The molecule has 3 aromatic rings. The summed E-state index contributed by atoms with van der Waals surface area (Å²) in [6.45, 7) is 0. The fourth-order valence-corrected chi connectivity index (χ4v) is 3.96. The van der Waals surface area contributed by atoms with Crippen molar-refractivity contribution in [3.05, 3.63) is 65.3 Å². The number of benzene rings is 2. The van der Waals surface area contributed by atoms with Crippen LogP contribution in [0.5, 0.6) is 0 Å². The lowest BCUT2D eigenvalue weighted by atomic mass is 10.1. The van der Waals surface area contributed by atoms with E-state index >= 15 is 0 Å². The highest BCUT2D eigenvalue weighted by Gasteiger charge is 2.13. The summed E-state index contributed by atoms with van der Waals surface area (Å²) >= 11 is 2.96. The van der Waals surface area contributed by atoms with Crippen LogP contribution in [0.3, 0.4) is 0 Å². The summed E-state index contributed by atoms with van der Waals surface area (Å²) in [6.07, 6.45) is -0.595. The number of hydrogen-bond acceptors (Lipinski definition) is 3. The highest BCUT2D eigenvalue weighted by Crippen LogP contribution is 2.32. The van der Waals surface area contributed by atoms with Crippen molar-refractivity contribution >= 4 is 33.2 Å². The third-order valence-corrected chi connectivity index (χ3v) is 5.21. The van der Waals surface area contributed by atoms with Crippen LogP contribution in [0.2, 0.25) is 0 Å². The topological polar surface area (TPSA) is 20.2 Å². The van der Waals surface area contributed by atoms with Crippen molar-refractivity contribution < 1.29 is 9.50 Å². The van der Waals surface area contributed by atoms with Gasteiger partial charge in [0.25, 0.3) is 0 Å². The fourth-order valence-electron chi connectivity index (χ4n) is 2.10. The van der Waals surface area contributed by atoms with E-state index in [9.17, 15) is 9.50 Å². The Hall–Kier alpha value is -1.36. The number of fused-ring (bicyclic) bond motifs is 1. The Kier molecular flexibility index (Phi) is 4.05. The molecule has 4 heteroatoms. The number of aliphatic hydroxyl groups excluding tert-OH is 1. The van der Waals surface area contributed by atoms with Gasteiger partial charge in [-0.25, -0.2) is 4.39 Å². The minimum Gasteiger partial charge on any atom is -0.387 e. The monoisotopic (exact) mass is 304 g/mol. The summed E-state index contributed by atoms with van der Waals surface area (Å²) in [6, 6.07) is 14.6. The first kappa shape index (κ1) is 13.6. The Bertz CT molecular complexity index is 723. The molecule has 0 aliphatic rings. The minimum absolute atomic E-state index is 0.237. The van der Waals surface area contributed by atoms with Crippen LogP contribution >= 0.6 is 23.1 Å². The van der Waals surface area contributed by atoms with E-state index < -0.39 is 6.10 Å². The van der Waals surface area contributed by atoms with Gasteiger partial charge in [0.05, 0.1) is 6.10 Å². The third kappa shape index (κ3) is 2.73. The first-order valence-electron chi connectivity index (χ1n) is 6.27. The second-order valence-electron chi connectivity index (χ2n) is 4.44. The molecule has 1 heterocycles. The van der Waals surface area contributed by atoms with Gasteiger partial charge >= 0.3 is 0 Å². The van der Waals surface area contributed by atoms with Crippen LogP contribution < -0.4 is 0 Å². The zero-order valence-electron chi connectivity index (χ0n) is 10.6. The van der Waals surface area contributed by atoms with Crippen LogP contribution in [0.4, 0.5) is 4.39 Å². The molecule has 1 atom stereocenters. The number of hydrogen-bond donors (Lipinski definition) is 1. The highest BCUT2D eigenvalue weighted by atomic mass is 32.2. The van der Waals surface area contributed by atoms with Gasteiger partial charge in [-0.15, -0.1) is 23.1 Å². The lowest BCUT2D eigenvalue weighted by molar-refractivity contribution is 0.206. The molecular formula is C16H13FOS2. The van der Waals surface area contributed by atoms with E-state index in [1.54, 1.807) is 29.5 Å². The molecule has 0 aliphatic carbocycles. The van der Waals surface area contributed by atoms with Gasteiger partial charge < -0.3 is 5.11 Å². The van der Waals surface area contributed by atoms with Crippen LogP contribution in [0.25, 0.3) is 10.1 Å². The normalized spacial score (nSPS) is 12.7. The van der Waals surface area contributed by atoms with E-state index in [0.29, 0.717) is 10.6 Å². The molecule has 0 saturated carbocycles. The maximum Gasteiger partial charge on any atom is 0.136 e. The predicted octanol–water partition coefficient (Wildman–Crippen LogP) is 4.87. The van der Waals surface area contributed by atoms with Crippen LogP contribution in [-0.4, -0.2) is 10.9 Å². The van der Waals surface area contributed by atoms with Crippen LogP contribution in [-0.2, 0) is 0 Å². The van der Waals surface area contributed by atoms with E-state index in [2.05, 4.69) is 0 Å². The van der Waals surface area contributed by atoms with Crippen molar-refractivity contribution in [3.8, 4) is 0 Å². The first-order valence-corrected chi connectivity index (χ1v) is 8.14. The van der Waals surface area contributed by atoms with Crippen molar-refractivity contribution in [2.75, 3.05) is 5.75 Å². The molecule has 102 valence electrons. The summed E-state index contributed by atoms with van der Waals surface area (Å²) in [5, 5.41) is 13.5. The Balaban J connectivity index is 1.78. The predicted molar refractivity (Wildman–Crippen MR) is 83.9 cm³/mol. The largest absolute Gasteiger partial charge is 0.387 e. The quantitative estimate of drug-likeness (QED) is 0.694. The zero-order valence-corrected chi connectivity index (χ0v) is 12.3. The molecule has 1 aromatic heterocycles. The summed E-state index contributed by atoms with van der Waals surface area (Å²) < 4.78 is 14.7. The van der Waals surface area contributed by atoms with E-state index in [-0.39, 0.29) is 5.82 Å². The lowest BCUT2D eigenvalue weighted by Gasteiger charge is -2.12. The highest BCUT2D eigenvalue weighted by molar-refractivity contribution is 7.99. The number of thioether (sulfide) groups is 1. The van der Waals surface area contributed by atoms with Gasteiger partial charge in [0.1, 0.15) is 5.82 Å². The number of aliphatic hydroxyl groups is 1. The van der Waals surface area contributed by atoms with Crippen molar-refractivity contribution in [1.29, 1.82) is 0 Å². The van der Waals surface area contributed by atoms with Crippen molar-refractivity contribution in [3.63, 3.8) is 0 Å². The van der Waals surface area contributed by atoms with Gasteiger partial charge in [-0.2, -0.15) is 0 Å². The van der Waals surface area contributed by atoms with E-state index in [1.807, 2.05) is 29.6 Å². The molecular weight excluding hydrogens is 291 g/mol. The Morgan fingerprint density at radius 2 is 1.95 bits per heavy atom. The van der Waals surface area contributed by atoms with Gasteiger partial charge in [0, 0.05) is 15.3 Å². The van der Waals surface area contributed by atoms with Gasteiger partial charge in [0.15, 0.2) is 0 Å². The van der Waals surface area contributed by atoms with Gasteiger partial charge in [-0.3, -0.25) is 0 Å². The molecule has 0 bridgehead atoms. The number of rotatable bonds is 4.